The highest BCUT2D eigenvalue weighted by Crippen LogP contribution is 2.32. The molecular weight excluding hydrogens is 496 g/mol. The summed E-state index contributed by atoms with van der Waals surface area (Å²) in [6.07, 6.45) is -0.597. The summed E-state index contributed by atoms with van der Waals surface area (Å²) in [5, 5.41) is 14.7. The number of aliphatic hydroxyl groups excluding tert-OH is 1. The topological polar surface area (TPSA) is 77.9 Å². The van der Waals surface area contributed by atoms with Crippen molar-refractivity contribution in [3.05, 3.63) is 77.9 Å². The Morgan fingerprint density at radius 1 is 1.00 bits per heavy atom. The van der Waals surface area contributed by atoms with Gasteiger partial charge < -0.3 is 15.2 Å². The van der Waals surface area contributed by atoms with Crippen LogP contribution in [-0.2, 0) is 4.79 Å². The van der Waals surface area contributed by atoms with Gasteiger partial charge in [0.2, 0.25) is 5.91 Å². The number of ether oxygens (including phenoxy) is 1. The zero-order valence-corrected chi connectivity index (χ0v) is 22.7. The van der Waals surface area contributed by atoms with Crippen LogP contribution in [0.25, 0.3) is 20.8 Å². The van der Waals surface area contributed by atoms with Crippen molar-refractivity contribution in [3.63, 3.8) is 0 Å². The molecule has 7 nitrogen and oxygen atoms in total. The quantitative estimate of drug-likeness (QED) is 0.330. The molecule has 2 N–H and O–H groups in total. The van der Waals surface area contributed by atoms with Gasteiger partial charge in [-0.1, -0.05) is 48.5 Å². The third kappa shape index (κ3) is 6.57. The van der Waals surface area contributed by atoms with Gasteiger partial charge in [0.25, 0.3) is 0 Å². The lowest BCUT2D eigenvalue weighted by atomic mass is 10.1. The molecule has 4 aromatic rings. The summed E-state index contributed by atoms with van der Waals surface area (Å²) in [6, 6.07) is 22.1. The van der Waals surface area contributed by atoms with Crippen molar-refractivity contribution in [1.29, 1.82) is 0 Å². The number of aromatic nitrogens is 1. The van der Waals surface area contributed by atoms with Gasteiger partial charge in [-0.05, 0) is 37.1 Å². The van der Waals surface area contributed by atoms with E-state index in [1.165, 1.54) is 0 Å². The van der Waals surface area contributed by atoms with E-state index in [0.29, 0.717) is 18.8 Å². The van der Waals surface area contributed by atoms with Crippen LogP contribution in [0.5, 0.6) is 5.75 Å². The number of rotatable bonds is 9. The fourth-order valence-corrected chi connectivity index (χ4v) is 5.72. The van der Waals surface area contributed by atoms with Crippen LogP contribution in [0.15, 0.2) is 66.7 Å². The Labute approximate surface area is 227 Å². The van der Waals surface area contributed by atoms with Gasteiger partial charge in [-0.3, -0.25) is 14.6 Å². The third-order valence-electron chi connectivity index (χ3n) is 6.87. The Morgan fingerprint density at radius 3 is 2.45 bits per heavy atom. The van der Waals surface area contributed by atoms with Gasteiger partial charge in [0.05, 0.1) is 16.8 Å². The summed E-state index contributed by atoms with van der Waals surface area (Å²) in [7, 11) is 0. The number of aryl methyl sites for hydroxylation is 2. The molecule has 1 aliphatic heterocycles. The normalized spacial score (nSPS) is 15.4. The van der Waals surface area contributed by atoms with Crippen LogP contribution in [0.1, 0.15) is 11.1 Å². The van der Waals surface area contributed by atoms with Gasteiger partial charge in [0.1, 0.15) is 23.5 Å². The van der Waals surface area contributed by atoms with Crippen LogP contribution < -0.4 is 10.1 Å². The van der Waals surface area contributed by atoms with E-state index >= 15 is 0 Å². The monoisotopic (exact) mass is 530 g/mol. The Balaban J connectivity index is 1.06. The molecule has 1 atom stereocenters. The number of para-hydroxylation sites is 1. The Morgan fingerprint density at radius 2 is 1.71 bits per heavy atom. The molecule has 1 amide bonds. The molecule has 38 heavy (non-hydrogen) atoms. The highest BCUT2D eigenvalue weighted by Gasteiger charge is 2.21. The molecule has 8 heteroatoms. The Kier molecular flexibility index (Phi) is 8.34. The van der Waals surface area contributed by atoms with Crippen molar-refractivity contribution in [2.24, 2.45) is 0 Å². The molecule has 2 heterocycles. The van der Waals surface area contributed by atoms with Crippen LogP contribution in [-0.4, -0.2) is 77.8 Å². The fraction of sp³-hybridized carbons (Fsp3) is 0.333. The van der Waals surface area contributed by atoms with Gasteiger partial charge in [0.15, 0.2) is 0 Å². The summed E-state index contributed by atoms with van der Waals surface area (Å²) in [5.74, 6) is 0.721. The molecule has 3 aromatic carbocycles. The molecule has 198 valence electrons. The molecule has 0 aliphatic carbocycles. The number of hydrogen-bond donors (Lipinski definition) is 2. The maximum absolute atomic E-state index is 12.6. The first-order valence-corrected chi connectivity index (χ1v) is 13.8. The number of carbonyl (C=O) groups excluding carboxylic acids is 1. The summed E-state index contributed by atoms with van der Waals surface area (Å²) in [5.41, 5.74) is 5.06. The number of β-amino-alcohol motifs (C(OH)–C–C–N with tert-alkyl or cyclic N) is 1. The van der Waals surface area contributed by atoms with E-state index in [1.807, 2.05) is 68.4 Å². The standard InChI is InChI=1S/C30H34N4O3S/c1-21-7-6-8-22(2)29(21)32-28(36)19-34-15-13-33(14-16-34)18-24(35)20-37-25-11-12-27-26(17-25)31-30(38-27)23-9-4-3-5-10-23/h3-12,17,24,35H,13-16,18-20H2,1-2H3,(H,32,36)/t24-/m1/s1. The number of thiazole rings is 1. The second kappa shape index (κ2) is 12.0. The van der Waals surface area contributed by atoms with Gasteiger partial charge in [-0.25, -0.2) is 4.98 Å². The lowest BCUT2D eigenvalue weighted by Gasteiger charge is -2.35. The van der Waals surface area contributed by atoms with E-state index in [4.69, 9.17) is 9.72 Å². The maximum atomic E-state index is 12.6. The largest absolute Gasteiger partial charge is 0.491 e. The molecule has 0 spiro atoms. The minimum Gasteiger partial charge on any atom is -0.491 e. The molecule has 1 saturated heterocycles. The number of aliphatic hydroxyl groups is 1. The van der Waals surface area contributed by atoms with Crippen LogP contribution in [0.4, 0.5) is 5.69 Å². The smallest absolute Gasteiger partial charge is 0.238 e. The van der Waals surface area contributed by atoms with Crippen LogP contribution in [0, 0.1) is 13.8 Å². The zero-order valence-electron chi connectivity index (χ0n) is 21.9. The highest BCUT2D eigenvalue weighted by molar-refractivity contribution is 7.21. The van der Waals surface area contributed by atoms with Gasteiger partial charge in [-0.2, -0.15) is 0 Å². The molecule has 1 aliphatic rings. The number of benzene rings is 3. The SMILES string of the molecule is Cc1cccc(C)c1NC(=O)CN1CCN(C[C@@H](O)COc2ccc3sc(-c4ccccc4)nc3c2)CC1. The van der Waals surface area contributed by atoms with Crippen molar-refractivity contribution in [2.75, 3.05) is 51.2 Å². The van der Waals surface area contributed by atoms with Gasteiger partial charge in [0, 0.05) is 50.0 Å². The average Bonchev–Trinajstić information content (AvgIpc) is 3.35. The van der Waals surface area contributed by atoms with Crippen LogP contribution >= 0.6 is 11.3 Å². The summed E-state index contributed by atoms with van der Waals surface area (Å²) in [4.78, 5) is 21.7. The first kappa shape index (κ1) is 26.3. The molecule has 1 aromatic heterocycles. The van der Waals surface area contributed by atoms with Crippen LogP contribution in [0.2, 0.25) is 0 Å². The Hall–Kier alpha value is -3.30. The minimum absolute atomic E-state index is 0.0113. The predicted molar refractivity (Wildman–Crippen MR) is 154 cm³/mol. The molecule has 1 fully saturated rings. The average molecular weight is 531 g/mol. The molecule has 0 radical (unpaired) electrons. The molecule has 0 bridgehead atoms. The van der Waals surface area contributed by atoms with E-state index in [2.05, 4.69) is 27.2 Å². The number of hydrogen-bond acceptors (Lipinski definition) is 7. The minimum atomic E-state index is -0.597. The lowest BCUT2D eigenvalue weighted by molar-refractivity contribution is -0.117. The van der Waals surface area contributed by atoms with Crippen molar-refractivity contribution in [1.82, 2.24) is 14.8 Å². The van der Waals surface area contributed by atoms with Crippen molar-refractivity contribution >= 4 is 33.1 Å². The van der Waals surface area contributed by atoms with Crippen molar-refractivity contribution in [2.45, 2.75) is 20.0 Å². The summed E-state index contributed by atoms with van der Waals surface area (Å²) in [6.45, 7) is 8.35. The zero-order chi connectivity index (χ0) is 26.5. The van der Waals surface area contributed by atoms with Gasteiger partial charge >= 0.3 is 0 Å². The summed E-state index contributed by atoms with van der Waals surface area (Å²) >= 11 is 1.66. The summed E-state index contributed by atoms with van der Waals surface area (Å²) < 4.78 is 7.02. The van der Waals surface area contributed by atoms with Crippen molar-refractivity contribution in [3.8, 4) is 16.3 Å². The second-order valence-electron chi connectivity index (χ2n) is 9.87. The van der Waals surface area contributed by atoms with E-state index in [-0.39, 0.29) is 12.5 Å². The van der Waals surface area contributed by atoms with Crippen LogP contribution in [0.3, 0.4) is 0 Å². The number of anilines is 1. The van der Waals surface area contributed by atoms with E-state index in [0.717, 1.165) is 63.8 Å². The predicted octanol–water partition coefficient (Wildman–Crippen LogP) is 4.58. The second-order valence-corrected chi connectivity index (χ2v) is 10.9. The first-order chi connectivity index (χ1) is 18.4. The van der Waals surface area contributed by atoms with E-state index < -0.39 is 6.10 Å². The molecule has 0 saturated carbocycles. The highest BCUT2D eigenvalue weighted by atomic mass is 32.1. The van der Waals surface area contributed by atoms with E-state index in [9.17, 15) is 9.90 Å². The molecular formula is C30H34N4O3S. The third-order valence-corrected chi connectivity index (χ3v) is 7.95. The number of piperazine rings is 1. The van der Waals surface area contributed by atoms with Crippen molar-refractivity contribution < 1.29 is 14.6 Å². The molecule has 0 unspecified atom stereocenters. The van der Waals surface area contributed by atoms with Gasteiger partial charge in [-0.15, -0.1) is 11.3 Å². The number of nitrogens with zero attached hydrogens (tertiary/aromatic N) is 3. The number of nitrogens with one attached hydrogen (secondary N) is 1. The lowest BCUT2D eigenvalue weighted by Crippen LogP contribution is -2.50. The number of carbonyl (C=O) groups is 1. The van der Waals surface area contributed by atoms with E-state index in [1.54, 1.807) is 11.3 Å². The maximum Gasteiger partial charge on any atom is 0.238 e. The number of fused-ring (bicyclic) bond motifs is 1. The fourth-order valence-electron chi connectivity index (χ4n) is 4.77. The Bertz CT molecular complexity index is 1360. The molecule has 5 rings (SSSR count). The first-order valence-electron chi connectivity index (χ1n) is 13.0. The number of amides is 1.